The molecular weight excluding hydrogens is 619 g/mol. The predicted molar refractivity (Wildman–Crippen MR) is 170 cm³/mol. The van der Waals surface area contributed by atoms with Crippen molar-refractivity contribution in [2.75, 3.05) is 46.8 Å². The summed E-state index contributed by atoms with van der Waals surface area (Å²) in [5.74, 6) is -3.38. The minimum absolute atomic E-state index is 0.0486. The lowest BCUT2D eigenvalue weighted by atomic mass is 9.84. The summed E-state index contributed by atoms with van der Waals surface area (Å²) in [6, 6.07) is 17.6. The standard InChI is InChI=1S/C33H36F3N5O6/c1-5-46-28(47-6-2)20-40-26-10-8-7-9-25(26)32(29(40)43,41(31(37)45)24-15-11-21(3)12-16-24)19-27(42)38-22-13-17-23(18-14-22)39(4)30(44)33(34,35)36/h7-18,28H,5-6,19-20H2,1-4H3,(H2,37,45)(H,38,42). The molecule has 0 bridgehead atoms. The van der Waals surface area contributed by atoms with Gasteiger partial charge in [0.05, 0.1) is 18.7 Å². The summed E-state index contributed by atoms with van der Waals surface area (Å²) in [6.07, 6.45) is -6.46. The first-order valence-electron chi connectivity index (χ1n) is 14.8. The van der Waals surface area contributed by atoms with Crippen molar-refractivity contribution in [3.05, 3.63) is 83.9 Å². The second-order valence-corrected chi connectivity index (χ2v) is 10.8. The number of carbonyl (C=O) groups excluding carboxylic acids is 4. The van der Waals surface area contributed by atoms with E-state index in [0.29, 0.717) is 29.4 Å². The monoisotopic (exact) mass is 655 g/mol. The molecule has 0 saturated heterocycles. The number of fused-ring (bicyclic) bond motifs is 1. The van der Waals surface area contributed by atoms with Gasteiger partial charge < -0.3 is 30.3 Å². The highest BCUT2D eigenvalue weighted by Gasteiger charge is 2.58. The zero-order chi connectivity index (χ0) is 34.5. The molecule has 3 aromatic carbocycles. The normalized spacial score (nSPS) is 15.8. The van der Waals surface area contributed by atoms with Gasteiger partial charge in [-0.05, 0) is 63.2 Å². The first-order chi connectivity index (χ1) is 22.2. The molecule has 3 aromatic rings. The number of nitrogens with zero attached hydrogens (tertiary/aromatic N) is 3. The summed E-state index contributed by atoms with van der Waals surface area (Å²) in [5, 5.41) is 2.66. The van der Waals surface area contributed by atoms with Crippen LogP contribution in [0, 0.1) is 6.92 Å². The molecule has 0 aliphatic carbocycles. The first kappa shape index (κ1) is 34.9. The molecule has 0 spiro atoms. The minimum atomic E-state index is -5.07. The molecule has 5 amide bonds. The maximum atomic E-state index is 14.7. The number of hydrogen-bond donors (Lipinski definition) is 2. The maximum Gasteiger partial charge on any atom is 0.471 e. The molecule has 1 aliphatic rings. The fourth-order valence-corrected chi connectivity index (χ4v) is 5.57. The molecule has 11 nitrogen and oxygen atoms in total. The fourth-order valence-electron chi connectivity index (χ4n) is 5.57. The molecule has 47 heavy (non-hydrogen) atoms. The number of urea groups is 1. The molecule has 1 heterocycles. The van der Waals surface area contributed by atoms with E-state index in [1.165, 1.54) is 29.2 Å². The van der Waals surface area contributed by atoms with E-state index < -0.39 is 48.2 Å². The zero-order valence-corrected chi connectivity index (χ0v) is 26.3. The van der Waals surface area contributed by atoms with Crippen molar-refractivity contribution in [3.63, 3.8) is 0 Å². The Bertz CT molecular complexity index is 1610. The van der Waals surface area contributed by atoms with Crippen molar-refractivity contribution < 1.29 is 41.8 Å². The Balaban J connectivity index is 1.76. The van der Waals surface area contributed by atoms with Crippen LogP contribution >= 0.6 is 0 Å². The van der Waals surface area contributed by atoms with E-state index in [9.17, 15) is 32.3 Å². The number of rotatable bonds is 12. The third-order valence-electron chi connectivity index (χ3n) is 7.67. The molecule has 0 saturated carbocycles. The number of nitrogens with one attached hydrogen (secondary N) is 1. The van der Waals surface area contributed by atoms with E-state index in [2.05, 4.69) is 5.32 Å². The molecule has 0 radical (unpaired) electrons. The number of ether oxygens (including phenoxy) is 2. The van der Waals surface area contributed by atoms with Crippen molar-refractivity contribution in [2.45, 2.75) is 45.2 Å². The molecule has 250 valence electrons. The molecule has 14 heteroatoms. The van der Waals surface area contributed by atoms with E-state index in [4.69, 9.17) is 15.2 Å². The summed E-state index contributed by atoms with van der Waals surface area (Å²) in [7, 11) is 0.979. The molecule has 4 rings (SSSR count). The van der Waals surface area contributed by atoms with Crippen LogP contribution in [0.25, 0.3) is 0 Å². The first-order valence-corrected chi connectivity index (χ1v) is 14.8. The topological polar surface area (TPSA) is 135 Å². The van der Waals surface area contributed by atoms with E-state index in [1.807, 2.05) is 6.92 Å². The van der Waals surface area contributed by atoms with Gasteiger partial charge in [-0.3, -0.25) is 19.3 Å². The van der Waals surface area contributed by atoms with Gasteiger partial charge in [-0.1, -0.05) is 35.9 Å². The highest BCUT2D eigenvalue weighted by Crippen LogP contribution is 2.48. The van der Waals surface area contributed by atoms with Gasteiger partial charge in [0.25, 0.3) is 5.91 Å². The van der Waals surface area contributed by atoms with E-state index in [1.54, 1.807) is 62.4 Å². The third-order valence-corrected chi connectivity index (χ3v) is 7.67. The van der Waals surface area contributed by atoms with Gasteiger partial charge in [-0.15, -0.1) is 0 Å². The number of carbonyl (C=O) groups is 4. The van der Waals surface area contributed by atoms with E-state index in [-0.39, 0.29) is 23.6 Å². The number of anilines is 4. The second-order valence-electron chi connectivity index (χ2n) is 10.8. The number of para-hydroxylation sites is 1. The summed E-state index contributed by atoms with van der Waals surface area (Å²) in [6.45, 7) is 5.97. The van der Waals surface area contributed by atoms with Crippen molar-refractivity contribution in [1.82, 2.24) is 0 Å². The maximum absolute atomic E-state index is 14.7. The molecule has 3 N–H and O–H groups in total. The minimum Gasteiger partial charge on any atom is -0.351 e. The average molecular weight is 656 g/mol. The number of nitrogens with two attached hydrogens (primary N) is 1. The van der Waals surface area contributed by atoms with Gasteiger partial charge in [0.2, 0.25) is 5.91 Å². The summed E-state index contributed by atoms with van der Waals surface area (Å²) < 4.78 is 50.2. The average Bonchev–Trinajstić information content (AvgIpc) is 3.24. The third kappa shape index (κ3) is 7.23. The largest absolute Gasteiger partial charge is 0.471 e. The summed E-state index contributed by atoms with van der Waals surface area (Å²) in [5.41, 5.74) is 6.06. The van der Waals surface area contributed by atoms with Crippen molar-refractivity contribution in [2.24, 2.45) is 5.73 Å². The van der Waals surface area contributed by atoms with Crippen LogP contribution in [-0.2, 0) is 29.4 Å². The van der Waals surface area contributed by atoms with Crippen LogP contribution in [0.3, 0.4) is 0 Å². The summed E-state index contributed by atoms with van der Waals surface area (Å²) >= 11 is 0. The zero-order valence-electron chi connectivity index (χ0n) is 26.3. The molecule has 0 aromatic heterocycles. The van der Waals surface area contributed by atoms with Gasteiger partial charge in [0.1, 0.15) is 0 Å². The van der Waals surface area contributed by atoms with E-state index in [0.717, 1.165) is 17.5 Å². The van der Waals surface area contributed by atoms with Crippen LogP contribution in [-0.4, -0.2) is 63.0 Å². The highest BCUT2D eigenvalue weighted by atomic mass is 19.4. The Morgan fingerprint density at radius 2 is 1.51 bits per heavy atom. The van der Waals surface area contributed by atoms with Crippen LogP contribution < -0.4 is 25.8 Å². The summed E-state index contributed by atoms with van der Waals surface area (Å²) in [4.78, 5) is 56.4. The predicted octanol–water partition coefficient (Wildman–Crippen LogP) is 5.08. The Hall–Kier alpha value is -4.95. The van der Waals surface area contributed by atoms with Gasteiger partial charge in [-0.2, -0.15) is 13.2 Å². The van der Waals surface area contributed by atoms with Crippen LogP contribution in [0.15, 0.2) is 72.8 Å². The van der Waals surface area contributed by atoms with Gasteiger partial charge in [0.15, 0.2) is 11.8 Å². The van der Waals surface area contributed by atoms with Crippen LogP contribution in [0.2, 0.25) is 0 Å². The Labute approximate surface area is 270 Å². The number of hydrogen-bond acceptors (Lipinski definition) is 6. The number of halogens is 3. The number of aryl methyl sites for hydroxylation is 1. The van der Waals surface area contributed by atoms with Crippen molar-refractivity contribution >= 4 is 46.5 Å². The Morgan fingerprint density at radius 1 is 0.936 bits per heavy atom. The van der Waals surface area contributed by atoms with Crippen molar-refractivity contribution in [1.29, 1.82) is 0 Å². The van der Waals surface area contributed by atoms with Gasteiger partial charge in [0, 0.05) is 42.9 Å². The molecule has 1 aliphatic heterocycles. The quantitative estimate of drug-likeness (QED) is 0.262. The lowest BCUT2D eigenvalue weighted by molar-refractivity contribution is -0.170. The molecule has 1 atom stereocenters. The van der Waals surface area contributed by atoms with Crippen LogP contribution in [0.1, 0.15) is 31.4 Å². The molecular formula is C33H36F3N5O6. The highest BCUT2D eigenvalue weighted by molar-refractivity contribution is 6.16. The van der Waals surface area contributed by atoms with Gasteiger partial charge in [-0.25, -0.2) is 4.79 Å². The number of benzene rings is 3. The second kappa shape index (κ2) is 14.2. The smallest absolute Gasteiger partial charge is 0.351 e. The van der Waals surface area contributed by atoms with Gasteiger partial charge >= 0.3 is 18.1 Å². The van der Waals surface area contributed by atoms with E-state index >= 15 is 0 Å². The Morgan fingerprint density at radius 3 is 2.06 bits per heavy atom. The molecule has 0 fully saturated rings. The van der Waals surface area contributed by atoms with Crippen LogP contribution in [0.4, 0.5) is 40.7 Å². The fraction of sp³-hybridized carbons (Fsp3) is 0.333. The van der Waals surface area contributed by atoms with Crippen LogP contribution in [0.5, 0.6) is 0 Å². The van der Waals surface area contributed by atoms with Crippen molar-refractivity contribution in [3.8, 4) is 0 Å². The lowest BCUT2D eigenvalue weighted by Crippen LogP contribution is -2.59. The molecule has 1 unspecified atom stereocenters. The SMILES string of the molecule is CCOC(CN1C(=O)C(CC(=O)Nc2ccc(N(C)C(=O)C(F)(F)F)cc2)(N(C(N)=O)c2ccc(C)cc2)c2ccccc21)OCC. The number of primary amides is 1. The Kier molecular flexibility index (Phi) is 10.6. The number of amides is 5. The number of alkyl halides is 3. The lowest BCUT2D eigenvalue weighted by Gasteiger charge is -2.39.